The van der Waals surface area contributed by atoms with Crippen LogP contribution in [0.15, 0.2) is 29.5 Å². The number of amidine groups is 1. The average Bonchev–Trinajstić information content (AvgIpc) is 2.91. The quantitative estimate of drug-likeness (QED) is 0.301. The molecule has 0 aliphatic carbocycles. The van der Waals surface area contributed by atoms with E-state index in [9.17, 15) is 9.90 Å². The number of quaternary nitrogens is 1. The van der Waals surface area contributed by atoms with Gasteiger partial charge in [0.15, 0.2) is 0 Å². The number of hydrogen-bond donors (Lipinski definition) is 1. The molecule has 24 heavy (non-hydrogen) atoms. The SMILES string of the molecule is CCCCCC/C=C/CCCCC1=NC=C[N+]1(CCN)CC(=O)[O-]. The van der Waals surface area contributed by atoms with Gasteiger partial charge in [-0.15, -0.1) is 0 Å². The summed E-state index contributed by atoms with van der Waals surface area (Å²) in [7, 11) is 0. The second-order valence-corrected chi connectivity index (χ2v) is 6.49. The van der Waals surface area contributed by atoms with Crippen molar-refractivity contribution in [1.29, 1.82) is 0 Å². The van der Waals surface area contributed by atoms with Gasteiger partial charge in [0.1, 0.15) is 19.3 Å². The number of carboxylic acid groups (broad SMARTS) is 1. The van der Waals surface area contributed by atoms with Crippen LogP contribution in [-0.2, 0) is 4.79 Å². The number of nitrogens with two attached hydrogens (primary N) is 1. The predicted molar refractivity (Wildman–Crippen MR) is 97.0 cm³/mol. The molecule has 1 aliphatic rings. The fraction of sp³-hybridized carbons (Fsp3) is 0.684. The monoisotopic (exact) mass is 335 g/mol. The molecule has 0 saturated heterocycles. The maximum absolute atomic E-state index is 11.1. The summed E-state index contributed by atoms with van der Waals surface area (Å²) < 4.78 is 0.228. The lowest BCUT2D eigenvalue weighted by molar-refractivity contribution is -0.780. The van der Waals surface area contributed by atoms with E-state index in [0.29, 0.717) is 13.1 Å². The lowest BCUT2D eigenvalue weighted by Gasteiger charge is -2.32. The minimum atomic E-state index is -1.06. The molecular formula is C19H33N3O2. The molecule has 0 aromatic rings. The molecule has 0 amide bonds. The maximum Gasteiger partial charge on any atom is 0.207 e. The molecule has 5 nitrogen and oxygen atoms in total. The Morgan fingerprint density at radius 3 is 2.54 bits per heavy atom. The first-order valence-corrected chi connectivity index (χ1v) is 9.31. The van der Waals surface area contributed by atoms with Crippen LogP contribution in [0.5, 0.6) is 0 Å². The van der Waals surface area contributed by atoms with E-state index in [2.05, 4.69) is 24.1 Å². The minimum Gasteiger partial charge on any atom is -0.544 e. The molecule has 0 bridgehead atoms. The van der Waals surface area contributed by atoms with Crippen LogP contribution < -0.4 is 10.8 Å². The van der Waals surface area contributed by atoms with Crippen LogP contribution in [0.3, 0.4) is 0 Å². The smallest absolute Gasteiger partial charge is 0.207 e. The number of nitrogens with zero attached hydrogens (tertiary/aromatic N) is 2. The van der Waals surface area contributed by atoms with E-state index >= 15 is 0 Å². The number of hydrogen-bond acceptors (Lipinski definition) is 4. The molecule has 0 radical (unpaired) electrons. The van der Waals surface area contributed by atoms with E-state index in [0.717, 1.165) is 31.5 Å². The van der Waals surface area contributed by atoms with Crippen molar-refractivity contribution in [3.8, 4) is 0 Å². The van der Waals surface area contributed by atoms with Crippen molar-refractivity contribution < 1.29 is 14.4 Å². The summed E-state index contributed by atoms with van der Waals surface area (Å²) in [5, 5.41) is 11.1. The van der Waals surface area contributed by atoms with E-state index < -0.39 is 5.97 Å². The molecule has 1 heterocycles. The zero-order valence-corrected chi connectivity index (χ0v) is 15.1. The van der Waals surface area contributed by atoms with Crippen molar-refractivity contribution in [2.45, 2.75) is 64.7 Å². The number of allylic oxidation sites excluding steroid dienone is 2. The standard InChI is InChI=1S/C19H33N3O2/c1-2-3-4-5-6-7-8-9-10-11-12-18-21-14-16-22(18,15-13-20)17-19(23)24/h7-8,14,16H,2-6,9-13,15,17,20H2,1H3/b8-7+. The molecule has 0 aromatic heterocycles. The van der Waals surface area contributed by atoms with Crippen molar-refractivity contribution in [1.82, 2.24) is 0 Å². The Morgan fingerprint density at radius 1 is 1.21 bits per heavy atom. The van der Waals surface area contributed by atoms with E-state index in [1.165, 1.54) is 32.1 Å². The fourth-order valence-corrected chi connectivity index (χ4v) is 3.09. The summed E-state index contributed by atoms with van der Waals surface area (Å²) in [6.45, 7) is 3.14. The van der Waals surface area contributed by atoms with Crippen molar-refractivity contribution in [2.75, 3.05) is 19.6 Å². The summed E-state index contributed by atoms with van der Waals surface area (Å²) >= 11 is 0. The first-order chi connectivity index (χ1) is 11.6. The number of aliphatic carboxylic acids is 1. The summed E-state index contributed by atoms with van der Waals surface area (Å²) in [5.41, 5.74) is 5.66. The minimum absolute atomic E-state index is 0.0792. The Labute approximate surface area is 146 Å². The number of carbonyl (C=O) groups excluding carboxylic acids is 1. The molecule has 0 aromatic carbocycles. The van der Waals surface area contributed by atoms with E-state index in [4.69, 9.17) is 5.73 Å². The van der Waals surface area contributed by atoms with E-state index in [-0.39, 0.29) is 11.0 Å². The molecule has 1 atom stereocenters. The molecule has 0 saturated carbocycles. The highest BCUT2D eigenvalue weighted by Gasteiger charge is 2.34. The topological polar surface area (TPSA) is 78.5 Å². The maximum atomic E-state index is 11.1. The predicted octanol–water partition coefficient (Wildman–Crippen LogP) is 2.48. The van der Waals surface area contributed by atoms with Gasteiger partial charge in [-0.1, -0.05) is 38.3 Å². The zero-order valence-electron chi connectivity index (χ0n) is 15.1. The normalized spacial score (nSPS) is 20.0. The van der Waals surface area contributed by atoms with Gasteiger partial charge in [0.2, 0.25) is 5.84 Å². The molecule has 0 spiro atoms. The number of carboxylic acids is 1. The highest BCUT2D eigenvalue weighted by molar-refractivity contribution is 5.80. The van der Waals surface area contributed by atoms with Gasteiger partial charge in [0.05, 0.1) is 12.2 Å². The summed E-state index contributed by atoms with van der Waals surface area (Å²) in [5.74, 6) is -0.165. The molecule has 2 N–H and O–H groups in total. The summed E-state index contributed by atoms with van der Waals surface area (Å²) in [6, 6.07) is 0. The largest absolute Gasteiger partial charge is 0.544 e. The molecular weight excluding hydrogens is 302 g/mol. The van der Waals surface area contributed by atoms with Gasteiger partial charge in [-0.05, 0) is 32.1 Å². The van der Waals surface area contributed by atoms with Crippen LogP contribution in [0.25, 0.3) is 0 Å². The van der Waals surface area contributed by atoms with Gasteiger partial charge >= 0.3 is 0 Å². The average molecular weight is 335 g/mol. The molecule has 1 unspecified atom stereocenters. The molecule has 136 valence electrons. The number of rotatable bonds is 14. The third kappa shape index (κ3) is 7.41. The fourth-order valence-electron chi connectivity index (χ4n) is 3.09. The second-order valence-electron chi connectivity index (χ2n) is 6.49. The third-order valence-electron chi connectivity index (χ3n) is 4.44. The number of aliphatic imine (C=N–C) groups is 1. The van der Waals surface area contributed by atoms with Crippen LogP contribution >= 0.6 is 0 Å². The lowest BCUT2D eigenvalue weighted by Crippen LogP contribution is -2.55. The molecule has 0 fully saturated rings. The highest BCUT2D eigenvalue weighted by atomic mass is 16.4. The van der Waals surface area contributed by atoms with Crippen LogP contribution in [0.1, 0.15) is 64.7 Å². The Morgan fingerprint density at radius 2 is 1.92 bits per heavy atom. The van der Waals surface area contributed by atoms with Crippen LogP contribution in [0.4, 0.5) is 0 Å². The van der Waals surface area contributed by atoms with Gasteiger partial charge in [-0.3, -0.25) is 0 Å². The Bertz CT molecular complexity index is 458. The van der Waals surface area contributed by atoms with Gasteiger partial charge in [-0.25, -0.2) is 9.48 Å². The van der Waals surface area contributed by atoms with Gasteiger partial charge in [0, 0.05) is 13.0 Å². The van der Waals surface area contributed by atoms with Crippen LogP contribution in [-0.4, -0.2) is 35.9 Å². The van der Waals surface area contributed by atoms with Crippen LogP contribution in [0, 0.1) is 0 Å². The number of carbonyl (C=O) groups is 1. The summed E-state index contributed by atoms with van der Waals surface area (Å²) in [4.78, 5) is 15.4. The highest BCUT2D eigenvalue weighted by Crippen LogP contribution is 2.20. The van der Waals surface area contributed by atoms with Crippen LogP contribution in [0.2, 0.25) is 0 Å². The number of unbranched alkanes of at least 4 members (excludes halogenated alkanes) is 6. The van der Waals surface area contributed by atoms with E-state index in [1.807, 2.05) is 6.20 Å². The Hall–Kier alpha value is -1.46. The van der Waals surface area contributed by atoms with Gasteiger partial charge in [0.25, 0.3) is 0 Å². The van der Waals surface area contributed by atoms with Crippen molar-refractivity contribution >= 4 is 11.8 Å². The van der Waals surface area contributed by atoms with Crippen molar-refractivity contribution in [3.63, 3.8) is 0 Å². The Balaban J connectivity index is 2.26. The third-order valence-corrected chi connectivity index (χ3v) is 4.44. The van der Waals surface area contributed by atoms with Crippen molar-refractivity contribution in [3.05, 3.63) is 24.6 Å². The lowest BCUT2D eigenvalue weighted by atomic mass is 10.1. The molecule has 1 rings (SSSR count). The second kappa shape index (κ2) is 12.0. The first kappa shape index (κ1) is 20.6. The Kier molecular flexibility index (Phi) is 10.3. The van der Waals surface area contributed by atoms with Gasteiger partial charge < -0.3 is 15.6 Å². The summed E-state index contributed by atoms with van der Waals surface area (Å²) in [6.07, 6.45) is 18.5. The molecule has 1 aliphatic heterocycles. The molecule has 5 heteroatoms. The zero-order chi connectivity index (χ0) is 17.7. The van der Waals surface area contributed by atoms with Crippen molar-refractivity contribution in [2.24, 2.45) is 10.7 Å². The van der Waals surface area contributed by atoms with Gasteiger partial charge in [-0.2, -0.15) is 0 Å². The van der Waals surface area contributed by atoms with E-state index in [1.54, 1.807) is 6.20 Å². The first-order valence-electron chi connectivity index (χ1n) is 9.31.